The first-order valence-electron chi connectivity index (χ1n) is 13.4. The monoisotopic (exact) mass is 482 g/mol. The molecule has 0 radical (unpaired) electrons. The van der Waals surface area contributed by atoms with Crippen LogP contribution >= 0.6 is 11.3 Å². The Labute approximate surface area is 210 Å². The van der Waals surface area contributed by atoms with Crippen LogP contribution in [0.2, 0.25) is 0 Å². The van der Waals surface area contributed by atoms with Gasteiger partial charge >= 0.3 is 0 Å². The summed E-state index contributed by atoms with van der Waals surface area (Å²) in [7, 11) is 0. The molecule has 1 N–H and O–H groups in total. The molecule has 2 unspecified atom stereocenters. The van der Waals surface area contributed by atoms with Crippen LogP contribution in [0.25, 0.3) is 0 Å². The molecule has 4 nitrogen and oxygen atoms in total. The average Bonchev–Trinajstić information content (AvgIpc) is 3.35. The number of benzene rings is 1. The molecule has 1 aromatic carbocycles. The van der Waals surface area contributed by atoms with Crippen molar-refractivity contribution < 1.29 is 9.53 Å². The minimum Gasteiger partial charge on any atom is -0.353 e. The fraction of sp³-hybridized carbons (Fsp3) is 0.621. The second kappa shape index (κ2) is 12.9. The van der Waals surface area contributed by atoms with Gasteiger partial charge in [0.15, 0.2) is 0 Å². The maximum absolute atomic E-state index is 13.5. The lowest BCUT2D eigenvalue weighted by Gasteiger charge is -2.47. The lowest BCUT2D eigenvalue weighted by atomic mass is 9.68. The SMILES string of the molecule is CC1CNC(OCC(=O)N(Cc2cccs2)c2ccccc2)C2(CCCCCCCCCC2)C1. The molecule has 1 aliphatic heterocycles. The van der Waals surface area contributed by atoms with E-state index in [4.69, 9.17) is 4.74 Å². The van der Waals surface area contributed by atoms with Gasteiger partial charge in [-0.1, -0.05) is 82.6 Å². The number of piperidine rings is 1. The van der Waals surface area contributed by atoms with Gasteiger partial charge in [-0.25, -0.2) is 0 Å². The van der Waals surface area contributed by atoms with E-state index in [1.54, 1.807) is 11.3 Å². The molecule has 1 aromatic heterocycles. The van der Waals surface area contributed by atoms with E-state index in [9.17, 15) is 4.79 Å². The first-order valence-corrected chi connectivity index (χ1v) is 14.3. The molecule has 2 aliphatic rings. The van der Waals surface area contributed by atoms with E-state index in [1.165, 1.54) is 75.5 Å². The number of hydrogen-bond donors (Lipinski definition) is 1. The second-order valence-corrected chi connectivity index (χ2v) is 11.5. The number of rotatable bonds is 6. The summed E-state index contributed by atoms with van der Waals surface area (Å²) in [5.74, 6) is 0.687. The van der Waals surface area contributed by atoms with Crippen LogP contribution < -0.4 is 10.2 Å². The molecule has 1 saturated heterocycles. The number of nitrogens with zero attached hydrogens (tertiary/aromatic N) is 1. The minimum absolute atomic E-state index is 0.0341. The van der Waals surface area contributed by atoms with Crippen molar-refractivity contribution in [3.8, 4) is 0 Å². The van der Waals surface area contributed by atoms with Crippen LogP contribution in [0, 0.1) is 11.3 Å². The van der Waals surface area contributed by atoms with Crippen LogP contribution in [-0.2, 0) is 16.1 Å². The van der Waals surface area contributed by atoms with Gasteiger partial charge in [0.05, 0.1) is 6.54 Å². The first-order chi connectivity index (χ1) is 16.7. The number of anilines is 1. The van der Waals surface area contributed by atoms with E-state index < -0.39 is 0 Å². The minimum atomic E-state index is -0.0345. The number of para-hydroxylation sites is 1. The van der Waals surface area contributed by atoms with Gasteiger partial charge in [0, 0.05) is 22.5 Å². The van der Waals surface area contributed by atoms with E-state index in [1.807, 2.05) is 41.3 Å². The molecule has 0 bridgehead atoms. The Kier molecular flexibility index (Phi) is 9.60. The number of carbonyl (C=O) groups excluding carboxylic acids is 1. The molecule has 2 atom stereocenters. The second-order valence-electron chi connectivity index (χ2n) is 10.5. The maximum Gasteiger partial charge on any atom is 0.253 e. The van der Waals surface area contributed by atoms with Gasteiger partial charge in [0.2, 0.25) is 0 Å². The fourth-order valence-corrected chi connectivity index (χ4v) is 6.65. The van der Waals surface area contributed by atoms with E-state index in [0.29, 0.717) is 12.5 Å². The number of nitrogens with one attached hydrogen (secondary N) is 1. The Morgan fingerprint density at radius 1 is 1.00 bits per heavy atom. The van der Waals surface area contributed by atoms with Crippen LogP contribution in [0.3, 0.4) is 0 Å². The molecule has 1 spiro atoms. The summed E-state index contributed by atoms with van der Waals surface area (Å²) in [6.07, 6.45) is 14.3. The van der Waals surface area contributed by atoms with E-state index in [2.05, 4.69) is 23.7 Å². The summed E-state index contributed by atoms with van der Waals surface area (Å²) in [6, 6.07) is 14.1. The van der Waals surface area contributed by atoms with Crippen LogP contribution in [0.15, 0.2) is 47.8 Å². The summed E-state index contributed by atoms with van der Waals surface area (Å²) in [4.78, 5) is 16.6. The molecule has 2 aromatic rings. The standard InChI is InChI=1S/C29H42N2O2S/c1-24-20-29(17-11-6-4-2-3-5-7-12-18-29)28(30-21-24)33-23-27(32)31(22-26-16-13-19-34-26)25-14-9-8-10-15-25/h8-10,13-16,19,24,28,30H,2-7,11-12,17-18,20-23H2,1H3. The molecule has 1 aliphatic carbocycles. The maximum atomic E-state index is 13.5. The van der Waals surface area contributed by atoms with Crippen LogP contribution in [0.5, 0.6) is 0 Å². The Morgan fingerprint density at radius 2 is 1.68 bits per heavy atom. The lowest BCUT2D eigenvalue weighted by Crippen LogP contribution is -2.55. The Hall–Kier alpha value is -1.69. The predicted octanol–water partition coefficient (Wildman–Crippen LogP) is 7.15. The van der Waals surface area contributed by atoms with Crippen molar-refractivity contribution >= 4 is 22.9 Å². The summed E-state index contributed by atoms with van der Waals surface area (Å²) in [5, 5.41) is 5.79. The molecule has 2 fully saturated rings. The largest absolute Gasteiger partial charge is 0.353 e. The van der Waals surface area contributed by atoms with E-state index in [0.717, 1.165) is 12.2 Å². The Morgan fingerprint density at radius 3 is 2.32 bits per heavy atom. The number of hydrogen-bond acceptors (Lipinski definition) is 4. The topological polar surface area (TPSA) is 41.6 Å². The van der Waals surface area contributed by atoms with Crippen LogP contribution in [0.4, 0.5) is 5.69 Å². The van der Waals surface area contributed by atoms with Crippen molar-refractivity contribution in [2.24, 2.45) is 11.3 Å². The lowest BCUT2D eigenvalue weighted by molar-refractivity contribution is -0.137. The van der Waals surface area contributed by atoms with Crippen LogP contribution in [0.1, 0.15) is 82.4 Å². The number of ether oxygens (including phenoxy) is 1. The molecule has 2 heterocycles. The molecule has 34 heavy (non-hydrogen) atoms. The predicted molar refractivity (Wildman–Crippen MR) is 142 cm³/mol. The number of amides is 1. The normalized spacial score (nSPS) is 23.8. The summed E-state index contributed by atoms with van der Waals surface area (Å²) in [6.45, 7) is 4.04. The van der Waals surface area contributed by atoms with Crippen molar-refractivity contribution in [2.45, 2.75) is 90.3 Å². The highest BCUT2D eigenvalue weighted by molar-refractivity contribution is 7.09. The molecule has 1 saturated carbocycles. The van der Waals surface area contributed by atoms with Crippen molar-refractivity contribution in [2.75, 3.05) is 18.1 Å². The third-order valence-corrected chi connectivity index (χ3v) is 8.56. The highest BCUT2D eigenvalue weighted by Gasteiger charge is 2.43. The van der Waals surface area contributed by atoms with Gasteiger partial charge < -0.3 is 9.64 Å². The molecule has 186 valence electrons. The molecular formula is C29H42N2O2S. The fourth-order valence-electron chi connectivity index (χ4n) is 5.96. The highest BCUT2D eigenvalue weighted by Crippen LogP contribution is 2.44. The first kappa shape index (κ1) is 25.4. The van der Waals surface area contributed by atoms with Crippen molar-refractivity contribution in [3.05, 3.63) is 52.7 Å². The smallest absolute Gasteiger partial charge is 0.253 e. The molecule has 1 amide bonds. The molecule has 5 heteroatoms. The Bertz CT molecular complexity index is 842. The molecular weight excluding hydrogens is 440 g/mol. The zero-order chi connectivity index (χ0) is 23.6. The summed E-state index contributed by atoms with van der Waals surface area (Å²) >= 11 is 1.69. The third-order valence-electron chi connectivity index (χ3n) is 7.70. The molecule has 4 rings (SSSR count). The highest BCUT2D eigenvalue weighted by atomic mass is 32.1. The van der Waals surface area contributed by atoms with E-state index in [-0.39, 0.29) is 24.2 Å². The number of thiophene rings is 1. The third kappa shape index (κ3) is 6.93. The average molecular weight is 483 g/mol. The zero-order valence-electron chi connectivity index (χ0n) is 20.8. The van der Waals surface area contributed by atoms with Gasteiger partial charge in [0.25, 0.3) is 5.91 Å². The summed E-state index contributed by atoms with van der Waals surface area (Å²) in [5.41, 5.74) is 1.08. The zero-order valence-corrected chi connectivity index (χ0v) is 21.7. The van der Waals surface area contributed by atoms with Gasteiger partial charge in [-0.05, 0) is 48.8 Å². The Balaban J connectivity index is 1.46. The van der Waals surface area contributed by atoms with Crippen molar-refractivity contribution in [1.82, 2.24) is 5.32 Å². The van der Waals surface area contributed by atoms with E-state index >= 15 is 0 Å². The van der Waals surface area contributed by atoms with Crippen molar-refractivity contribution in [3.63, 3.8) is 0 Å². The summed E-state index contributed by atoms with van der Waals surface area (Å²) < 4.78 is 6.51. The number of carbonyl (C=O) groups is 1. The van der Waals surface area contributed by atoms with Gasteiger partial charge in [-0.3, -0.25) is 10.1 Å². The van der Waals surface area contributed by atoms with Gasteiger partial charge in [0.1, 0.15) is 12.8 Å². The quantitative estimate of drug-likeness (QED) is 0.475. The van der Waals surface area contributed by atoms with Crippen LogP contribution in [-0.4, -0.2) is 25.3 Å². The van der Waals surface area contributed by atoms with Gasteiger partial charge in [-0.2, -0.15) is 0 Å². The van der Waals surface area contributed by atoms with Gasteiger partial charge in [-0.15, -0.1) is 11.3 Å². The van der Waals surface area contributed by atoms with Crippen molar-refractivity contribution in [1.29, 1.82) is 0 Å².